The quantitative estimate of drug-likeness (QED) is 0.364. The predicted octanol–water partition coefficient (Wildman–Crippen LogP) is 4.81. The van der Waals surface area contributed by atoms with Gasteiger partial charge in [-0.05, 0) is 42.8 Å². The zero-order valence-corrected chi connectivity index (χ0v) is 14.9. The van der Waals surface area contributed by atoms with Crippen molar-refractivity contribution in [2.24, 2.45) is 0 Å². The van der Waals surface area contributed by atoms with Gasteiger partial charge in [-0.2, -0.15) is 0 Å². The molecule has 5 heteroatoms. The summed E-state index contributed by atoms with van der Waals surface area (Å²) in [6, 6.07) is 15.1. The van der Waals surface area contributed by atoms with Gasteiger partial charge in [-0.1, -0.05) is 18.2 Å². The third-order valence-electron chi connectivity index (χ3n) is 4.94. The number of pyridine rings is 1. The average molecular weight is 356 g/mol. The first kappa shape index (κ1) is 15.6. The van der Waals surface area contributed by atoms with E-state index >= 15 is 0 Å². The van der Waals surface area contributed by atoms with E-state index in [1.54, 1.807) is 7.11 Å². The Bertz CT molecular complexity index is 1380. The fourth-order valence-electron chi connectivity index (χ4n) is 3.66. The van der Waals surface area contributed by atoms with Crippen molar-refractivity contribution in [2.45, 2.75) is 6.92 Å². The lowest BCUT2D eigenvalue weighted by Gasteiger charge is -2.10. The molecule has 3 aromatic heterocycles. The van der Waals surface area contributed by atoms with E-state index in [0.717, 1.165) is 38.7 Å². The lowest BCUT2D eigenvalue weighted by molar-refractivity contribution is 0.415. The van der Waals surface area contributed by atoms with Gasteiger partial charge in [-0.25, -0.2) is 9.78 Å². The Hall–Kier alpha value is -3.60. The number of hydrogen-bond acceptors (Lipinski definition) is 4. The Morgan fingerprint density at radius 3 is 2.56 bits per heavy atom. The molecule has 2 aromatic carbocycles. The summed E-state index contributed by atoms with van der Waals surface area (Å²) in [6.07, 6.45) is 1.91. The van der Waals surface area contributed by atoms with Gasteiger partial charge in [-0.3, -0.25) is 0 Å². The molecule has 0 aliphatic rings. The highest BCUT2D eigenvalue weighted by Gasteiger charge is 2.19. The van der Waals surface area contributed by atoms with Gasteiger partial charge in [0.15, 0.2) is 0 Å². The topological polar surface area (TPSA) is 68.1 Å². The van der Waals surface area contributed by atoms with Crippen molar-refractivity contribution in [3.63, 3.8) is 0 Å². The second-order valence-electron chi connectivity index (χ2n) is 6.52. The van der Waals surface area contributed by atoms with Crippen molar-refractivity contribution in [2.75, 3.05) is 7.11 Å². The number of aromatic nitrogens is 2. The number of para-hydroxylation sites is 1. The zero-order chi connectivity index (χ0) is 18.5. The Morgan fingerprint density at radius 2 is 1.78 bits per heavy atom. The second kappa shape index (κ2) is 5.71. The second-order valence-corrected chi connectivity index (χ2v) is 6.52. The molecule has 0 amide bonds. The highest BCUT2D eigenvalue weighted by atomic mass is 16.5. The molecule has 5 aromatic rings. The Kier molecular flexibility index (Phi) is 3.31. The normalized spacial score (nSPS) is 11.5. The first-order chi connectivity index (χ1) is 13.2. The van der Waals surface area contributed by atoms with Crippen LogP contribution in [0.4, 0.5) is 0 Å². The van der Waals surface area contributed by atoms with Crippen LogP contribution in [0.15, 0.2) is 63.9 Å². The summed E-state index contributed by atoms with van der Waals surface area (Å²) in [4.78, 5) is 20.9. The number of aromatic amines is 1. The first-order valence-corrected chi connectivity index (χ1v) is 8.65. The minimum atomic E-state index is -0.385. The number of nitrogens with one attached hydrogen (secondary N) is 1. The van der Waals surface area contributed by atoms with Gasteiger partial charge in [0.2, 0.25) is 0 Å². The van der Waals surface area contributed by atoms with Gasteiger partial charge in [0.25, 0.3) is 0 Å². The number of H-pyrrole nitrogens is 1. The van der Waals surface area contributed by atoms with Crippen LogP contribution in [-0.2, 0) is 0 Å². The molecule has 132 valence electrons. The lowest BCUT2D eigenvalue weighted by atomic mass is 9.99. The number of benzene rings is 2. The molecule has 1 N–H and O–H groups in total. The van der Waals surface area contributed by atoms with E-state index in [0.29, 0.717) is 16.7 Å². The van der Waals surface area contributed by atoms with Crippen molar-refractivity contribution < 1.29 is 9.15 Å². The number of hydrogen-bond donors (Lipinski definition) is 1. The van der Waals surface area contributed by atoms with E-state index in [2.05, 4.69) is 4.98 Å². The minimum Gasteiger partial charge on any atom is -0.497 e. The van der Waals surface area contributed by atoms with Gasteiger partial charge in [0.1, 0.15) is 17.0 Å². The average Bonchev–Trinajstić information content (AvgIpc) is 3.08. The maximum atomic E-state index is 12.9. The molecule has 0 unspecified atom stereocenters. The Labute approximate surface area is 154 Å². The van der Waals surface area contributed by atoms with Crippen molar-refractivity contribution >= 4 is 32.8 Å². The molecule has 0 aliphatic carbocycles. The fourth-order valence-corrected chi connectivity index (χ4v) is 3.66. The summed E-state index contributed by atoms with van der Waals surface area (Å²) in [5.74, 6) is 0.748. The molecule has 0 radical (unpaired) electrons. The van der Waals surface area contributed by atoms with Crippen molar-refractivity contribution in [1.29, 1.82) is 0 Å². The van der Waals surface area contributed by atoms with Crippen LogP contribution in [0, 0.1) is 6.92 Å². The Morgan fingerprint density at radius 1 is 1.00 bits per heavy atom. The van der Waals surface area contributed by atoms with Crippen LogP contribution in [0.5, 0.6) is 5.75 Å². The van der Waals surface area contributed by atoms with Gasteiger partial charge in [-0.15, -0.1) is 0 Å². The standard InChI is InChI=1S/C22H16N2O3/c1-12-11-23-21-17(12)18-15-5-3-4-6-16(15)27-22(25)19(18)20(24-21)13-7-9-14(26-2)10-8-13/h3-11H,1-2H3,(H,23,24). The molecular formula is C22H16N2O3. The van der Waals surface area contributed by atoms with E-state index in [4.69, 9.17) is 14.1 Å². The van der Waals surface area contributed by atoms with E-state index in [-0.39, 0.29) is 5.63 Å². The van der Waals surface area contributed by atoms with Gasteiger partial charge in [0.05, 0.1) is 18.2 Å². The number of nitrogens with zero attached hydrogens (tertiary/aromatic N) is 1. The highest BCUT2D eigenvalue weighted by Crippen LogP contribution is 2.36. The summed E-state index contributed by atoms with van der Waals surface area (Å²) in [7, 11) is 1.62. The van der Waals surface area contributed by atoms with Crippen LogP contribution in [0.1, 0.15) is 5.56 Å². The van der Waals surface area contributed by atoms with Gasteiger partial charge >= 0.3 is 5.63 Å². The smallest absolute Gasteiger partial charge is 0.346 e. The van der Waals surface area contributed by atoms with Crippen LogP contribution < -0.4 is 10.4 Å². The zero-order valence-electron chi connectivity index (χ0n) is 14.9. The van der Waals surface area contributed by atoms with E-state index in [9.17, 15) is 4.79 Å². The number of ether oxygens (including phenoxy) is 1. The maximum absolute atomic E-state index is 12.9. The summed E-state index contributed by atoms with van der Waals surface area (Å²) >= 11 is 0. The van der Waals surface area contributed by atoms with Crippen molar-refractivity contribution in [1.82, 2.24) is 9.97 Å². The fraction of sp³-hybridized carbons (Fsp3) is 0.0909. The van der Waals surface area contributed by atoms with Crippen LogP contribution in [0.3, 0.4) is 0 Å². The van der Waals surface area contributed by atoms with Gasteiger partial charge < -0.3 is 14.1 Å². The molecule has 5 nitrogen and oxygen atoms in total. The molecule has 27 heavy (non-hydrogen) atoms. The van der Waals surface area contributed by atoms with E-state index in [1.807, 2.05) is 61.7 Å². The molecule has 0 saturated carbocycles. The molecule has 0 spiro atoms. The molecular weight excluding hydrogens is 340 g/mol. The number of rotatable bonds is 2. The molecule has 0 atom stereocenters. The molecule has 3 heterocycles. The lowest BCUT2D eigenvalue weighted by Crippen LogP contribution is -2.04. The predicted molar refractivity (Wildman–Crippen MR) is 106 cm³/mol. The van der Waals surface area contributed by atoms with Gasteiger partial charge in [0, 0.05) is 27.9 Å². The molecule has 0 fully saturated rings. The van der Waals surface area contributed by atoms with E-state index < -0.39 is 0 Å². The molecule has 0 aliphatic heterocycles. The third-order valence-corrected chi connectivity index (χ3v) is 4.94. The van der Waals surface area contributed by atoms with E-state index in [1.165, 1.54) is 0 Å². The summed E-state index contributed by atoms with van der Waals surface area (Å²) < 4.78 is 10.9. The first-order valence-electron chi connectivity index (χ1n) is 8.65. The molecule has 0 saturated heterocycles. The minimum absolute atomic E-state index is 0.385. The summed E-state index contributed by atoms with van der Waals surface area (Å²) in [5, 5.41) is 3.22. The number of aryl methyl sites for hydroxylation is 1. The summed E-state index contributed by atoms with van der Waals surface area (Å²) in [6.45, 7) is 2.01. The number of fused-ring (bicyclic) bond motifs is 5. The SMILES string of the molecule is COc1ccc(-c2nc3[nH]cc(C)c3c3c2c(=O)oc2ccccc23)cc1. The largest absolute Gasteiger partial charge is 0.497 e. The van der Waals surface area contributed by atoms with Crippen LogP contribution in [-0.4, -0.2) is 17.1 Å². The van der Waals surface area contributed by atoms with Crippen LogP contribution in [0.2, 0.25) is 0 Å². The van der Waals surface area contributed by atoms with Crippen molar-refractivity contribution in [3.8, 4) is 17.0 Å². The highest BCUT2D eigenvalue weighted by molar-refractivity contribution is 6.21. The van der Waals surface area contributed by atoms with Crippen LogP contribution >= 0.6 is 0 Å². The molecule has 5 rings (SSSR count). The van der Waals surface area contributed by atoms with Crippen LogP contribution in [0.25, 0.3) is 44.0 Å². The maximum Gasteiger partial charge on any atom is 0.346 e. The third kappa shape index (κ3) is 2.25. The van der Waals surface area contributed by atoms with Crippen molar-refractivity contribution in [3.05, 3.63) is 70.7 Å². The summed E-state index contributed by atoms with van der Waals surface area (Å²) in [5.41, 5.74) is 3.41. The number of methoxy groups -OCH3 is 1. The monoisotopic (exact) mass is 356 g/mol. The Balaban J connectivity index is 2.02. The molecule has 0 bridgehead atoms.